The average Bonchev–Trinajstić information content (AvgIpc) is 3.31. The molecule has 3 aromatic rings. The van der Waals surface area contributed by atoms with Crippen LogP contribution in [0.4, 0.5) is 0 Å². The Hall–Kier alpha value is -1.63. The third-order valence-corrected chi connectivity index (χ3v) is 7.03. The van der Waals surface area contributed by atoms with Gasteiger partial charge in [0, 0.05) is 12.8 Å². The van der Waals surface area contributed by atoms with Crippen molar-refractivity contribution in [1.29, 1.82) is 0 Å². The lowest BCUT2D eigenvalue weighted by Crippen LogP contribution is -3.12. The van der Waals surface area contributed by atoms with Gasteiger partial charge < -0.3 is 9.47 Å². The first kappa shape index (κ1) is 17.8. The molecule has 1 aliphatic rings. The van der Waals surface area contributed by atoms with Gasteiger partial charge in [0.15, 0.2) is 5.16 Å². The number of likely N-dealkylation sites (tertiary alicyclic amines) is 1. The Morgan fingerprint density at radius 3 is 2.88 bits per heavy atom. The second-order valence-corrected chi connectivity index (χ2v) is 8.95. The summed E-state index contributed by atoms with van der Waals surface area (Å²) in [5, 5.41) is 12.2. The van der Waals surface area contributed by atoms with Crippen molar-refractivity contribution in [3.63, 3.8) is 0 Å². The van der Waals surface area contributed by atoms with Crippen molar-refractivity contribution in [3.8, 4) is 0 Å². The maximum Gasteiger partial charge on any atom is 0.191 e. The number of nitrogens with zero attached hydrogens (tertiary/aromatic N) is 3. The highest BCUT2D eigenvalue weighted by atomic mass is 32.2. The molecule has 0 saturated carbocycles. The average molecular weight is 386 g/mol. The standard InChI is InChI=1S/C20H24N4S2/c1-23-19(21-22-20(23)26-15-16-7-3-2-4-8-16)17-9-5-11-24(13-17)14-18-10-6-12-25-18/h2-4,6-8,10,12,17H,5,9,11,13-15H2,1H3/p+1/t17-/m0/s1. The molecule has 1 unspecified atom stereocenters. The van der Waals surface area contributed by atoms with Crippen LogP contribution in [-0.2, 0) is 19.3 Å². The van der Waals surface area contributed by atoms with Gasteiger partial charge in [-0.15, -0.1) is 21.5 Å². The highest BCUT2D eigenvalue weighted by molar-refractivity contribution is 7.98. The van der Waals surface area contributed by atoms with Crippen LogP contribution in [0.25, 0.3) is 0 Å². The largest absolute Gasteiger partial charge is 0.330 e. The maximum atomic E-state index is 4.56. The minimum absolute atomic E-state index is 0.516. The first-order chi connectivity index (χ1) is 12.8. The molecule has 136 valence electrons. The van der Waals surface area contributed by atoms with E-state index in [1.807, 2.05) is 11.3 Å². The first-order valence-corrected chi connectivity index (χ1v) is 11.1. The van der Waals surface area contributed by atoms with Crippen LogP contribution in [0, 0.1) is 0 Å². The lowest BCUT2D eigenvalue weighted by atomic mass is 9.97. The van der Waals surface area contributed by atoms with E-state index in [0.29, 0.717) is 5.92 Å². The first-order valence-electron chi connectivity index (χ1n) is 9.21. The number of thioether (sulfide) groups is 1. The second kappa shape index (κ2) is 8.37. The Balaban J connectivity index is 1.40. The Morgan fingerprint density at radius 2 is 2.08 bits per heavy atom. The summed E-state index contributed by atoms with van der Waals surface area (Å²) in [6.45, 7) is 3.57. The molecule has 0 amide bonds. The SMILES string of the molecule is Cn1c(SCc2ccccc2)nnc1[C@H]1CCC[NH+](Cc2cccs2)C1. The summed E-state index contributed by atoms with van der Waals surface area (Å²) >= 11 is 3.64. The molecule has 4 nitrogen and oxygen atoms in total. The van der Waals surface area contributed by atoms with E-state index in [2.05, 4.69) is 69.7 Å². The van der Waals surface area contributed by atoms with Crippen molar-refractivity contribution in [1.82, 2.24) is 14.8 Å². The van der Waals surface area contributed by atoms with E-state index in [9.17, 15) is 0 Å². The topological polar surface area (TPSA) is 35.1 Å². The normalized spacial score (nSPS) is 20.3. The van der Waals surface area contributed by atoms with Crippen LogP contribution >= 0.6 is 23.1 Å². The van der Waals surface area contributed by atoms with Gasteiger partial charge in [-0.1, -0.05) is 48.2 Å². The number of benzene rings is 1. The summed E-state index contributed by atoms with van der Waals surface area (Å²) < 4.78 is 2.21. The van der Waals surface area contributed by atoms with Crippen molar-refractivity contribution in [2.45, 2.75) is 36.2 Å². The molecule has 1 aromatic carbocycles. The zero-order valence-corrected chi connectivity index (χ0v) is 16.7. The maximum absolute atomic E-state index is 4.56. The quantitative estimate of drug-likeness (QED) is 0.662. The van der Waals surface area contributed by atoms with E-state index in [1.54, 1.807) is 16.7 Å². The van der Waals surface area contributed by atoms with Crippen LogP contribution in [0.1, 0.15) is 35.0 Å². The van der Waals surface area contributed by atoms with Gasteiger partial charge in [0.2, 0.25) is 0 Å². The van der Waals surface area contributed by atoms with Crippen molar-refractivity contribution < 1.29 is 4.90 Å². The van der Waals surface area contributed by atoms with E-state index >= 15 is 0 Å². The van der Waals surface area contributed by atoms with Gasteiger partial charge in [-0.05, 0) is 29.9 Å². The molecular formula is C20H25N4S2+. The van der Waals surface area contributed by atoms with Gasteiger partial charge in [0.1, 0.15) is 12.4 Å². The number of hydrogen-bond acceptors (Lipinski definition) is 4. The zero-order chi connectivity index (χ0) is 17.8. The van der Waals surface area contributed by atoms with E-state index in [-0.39, 0.29) is 0 Å². The minimum atomic E-state index is 0.516. The molecule has 0 bridgehead atoms. The van der Waals surface area contributed by atoms with E-state index < -0.39 is 0 Å². The number of quaternary nitrogens is 1. The molecule has 1 fully saturated rings. The van der Waals surface area contributed by atoms with E-state index in [1.165, 1.54) is 29.8 Å². The summed E-state index contributed by atoms with van der Waals surface area (Å²) in [6, 6.07) is 15.0. The Kier molecular flexibility index (Phi) is 5.72. The van der Waals surface area contributed by atoms with E-state index in [0.717, 1.165) is 29.8 Å². The molecule has 3 heterocycles. The molecule has 2 atom stereocenters. The fourth-order valence-electron chi connectivity index (χ4n) is 3.72. The van der Waals surface area contributed by atoms with Gasteiger partial charge in [-0.2, -0.15) is 0 Å². The van der Waals surface area contributed by atoms with Crippen molar-refractivity contribution in [3.05, 3.63) is 64.1 Å². The van der Waals surface area contributed by atoms with E-state index in [4.69, 9.17) is 0 Å². The summed E-state index contributed by atoms with van der Waals surface area (Å²) in [7, 11) is 2.12. The summed E-state index contributed by atoms with van der Waals surface area (Å²) in [5.74, 6) is 2.61. The minimum Gasteiger partial charge on any atom is -0.330 e. The molecule has 0 radical (unpaired) electrons. The monoisotopic (exact) mass is 385 g/mol. The fraction of sp³-hybridized carbons (Fsp3) is 0.400. The van der Waals surface area contributed by atoms with Crippen LogP contribution in [-0.4, -0.2) is 27.9 Å². The molecule has 1 N–H and O–H groups in total. The molecule has 1 aliphatic heterocycles. The van der Waals surface area contributed by atoms with Gasteiger partial charge in [-0.25, -0.2) is 0 Å². The Morgan fingerprint density at radius 1 is 1.19 bits per heavy atom. The highest BCUT2D eigenvalue weighted by Crippen LogP contribution is 2.26. The van der Waals surface area contributed by atoms with Crippen molar-refractivity contribution in [2.24, 2.45) is 7.05 Å². The Labute approximate surface area is 163 Å². The molecule has 6 heteroatoms. The number of thiophene rings is 1. The summed E-state index contributed by atoms with van der Waals surface area (Å²) in [5.41, 5.74) is 1.33. The number of aromatic nitrogens is 3. The predicted octanol–water partition coefficient (Wildman–Crippen LogP) is 3.13. The third-order valence-electron chi connectivity index (χ3n) is 5.07. The molecule has 26 heavy (non-hydrogen) atoms. The molecule has 1 saturated heterocycles. The van der Waals surface area contributed by atoms with Gasteiger partial charge in [0.05, 0.1) is 23.9 Å². The summed E-state index contributed by atoms with van der Waals surface area (Å²) in [4.78, 5) is 3.16. The number of rotatable bonds is 6. The van der Waals surface area contributed by atoms with Crippen LogP contribution in [0.5, 0.6) is 0 Å². The third kappa shape index (κ3) is 4.19. The number of nitrogens with one attached hydrogen (secondary N) is 1. The highest BCUT2D eigenvalue weighted by Gasteiger charge is 2.28. The summed E-state index contributed by atoms with van der Waals surface area (Å²) in [6.07, 6.45) is 2.49. The predicted molar refractivity (Wildman–Crippen MR) is 108 cm³/mol. The lowest BCUT2D eigenvalue weighted by Gasteiger charge is -2.29. The van der Waals surface area contributed by atoms with Crippen LogP contribution in [0.15, 0.2) is 53.0 Å². The lowest BCUT2D eigenvalue weighted by molar-refractivity contribution is -0.919. The Bertz CT molecular complexity index is 814. The zero-order valence-electron chi connectivity index (χ0n) is 15.1. The second-order valence-electron chi connectivity index (χ2n) is 6.97. The molecule has 0 spiro atoms. The van der Waals surface area contributed by atoms with Crippen LogP contribution in [0.2, 0.25) is 0 Å². The van der Waals surface area contributed by atoms with Crippen molar-refractivity contribution in [2.75, 3.05) is 13.1 Å². The van der Waals surface area contributed by atoms with Gasteiger partial charge in [0.25, 0.3) is 0 Å². The molecular weight excluding hydrogens is 360 g/mol. The molecule has 0 aliphatic carbocycles. The molecule has 4 rings (SSSR count). The van der Waals surface area contributed by atoms with Crippen LogP contribution < -0.4 is 4.90 Å². The van der Waals surface area contributed by atoms with Gasteiger partial charge >= 0.3 is 0 Å². The van der Waals surface area contributed by atoms with Crippen molar-refractivity contribution >= 4 is 23.1 Å². The van der Waals surface area contributed by atoms with Gasteiger partial charge in [-0.3, -0.25) is 0 Å². The number of hydrogen-bond donors (Lipinski definition) is 1. The number of piperidine rings is 1. The molecule has 2 aromatic heterocycles. The van der Waals surface area contributed by atoms with Crippen LogP contribution in [0.3, 0.4) is 0 Å². The smallest absolute Gasteiger partial charge is 0.191 e. The fourth-order valence-corrected chi connectivity index (χ4v) is 5.37.